The number of fused-ring (bicyclic) bond motifs is 3. The molecule has 0 saturated heterocycles. The summed E-state index contributed by atoms with van der Waals surface area (Å²) in [6.45, 7) is 2.00. The van der Waals surface area contributed by atoms with Crippen LogP contribution in [0.25, 0.3) is 11.8 Å². The van der Waals surface area contributed by atoms with E-state index >= 15 is 0 Å². The van der Waals surface area contributed by atoms with Crippen molar-refractivity contribution >= 4 is 29.3 Å². The van der Waals surface area contributed by atoms with Gasteiger partial charge in [0.15, 0.2) is 11.4 Å². The topological polar surface area (TPSA) is 178 Å². The summed E-state index contributed by atoms with van der Waals surface area (Å²) in [6.07, 6.45) is 3.58. The molecule has 3 atom stereocenters. The third-order valence-corrected chi connectivity index (χ3v) is 7.09. The Bertz CT molecular complexity index is 1210. The molecule has 7 N–H and O–H groups in total. The van der Waals surface area contributed by atoms with Crippen LogP contribution in [0.3, 0.4) is 0 Å². The number of phenolic OH excluding ortho intramolecular Hbond substituents is 1. The van der Waals surface area contributed by atoms with Crippen molar-refractivity contribution < 1.29 is 39.9 Å². The molecule has 9 nitrogen and oxygen atoms in total. The summed E-state index contributed by atoms with van der Waals surface area (Å²) in [5, 5.41) is 53.7. The number of amides is 1. The standard InChI is InChI=1S/C25H27NO8/c1-2-3-4-14(27)8-11-5-6-16(28)19-15(11)9-12-7-13-10-17(29)20(24(26)33)23(32)25(13,34)22(31)18(12)21(19)30/h5-6,8,12-13,27-28,30,32,34H,2-4,7,9-10H2,1H3,(H2,26,33)/b14-8-/t12-,13+,25+/m1/s1. The molecule has 0 aromatic heterocycles. The van der Waals surface area contributed by atoms with Gasteiger partial charge in [0, 0.05) is 24.3 Å². The summed E-state index contributed by atoms with van der Waals surface area (Å²) in [6, 6.07) is 2.94. The van der Waals surface area contributed by atoms with E-state index in [1.165, 1.54) is 6.07 Å². The van der Waals surface area contributed by atoms with Crippen LogP contribution >= 0.6 is 0 Å². The van der Waals surface area contributed by atoms with Crippen molar-refractivity contribution in [2.45, 2.75) is 51.0 Å². The summed E-state index contributed by atoms with van der Waals surface area (Å²) in [4.78, 5) is 37.5. The van der Waals surface area contributed by atoms with Crippen molar-refractivity contribution in [3.8, 4) is 5.75 Å². The van der Waals surface area contributed by atoms with Gasteiger partial charge >= 0.3 is 0 Å². The molecular weight excluding hydrogens is 442 g/mol. The van der Waals surface area contributed by atoms with Gasteiger partial charge in [0.1, 0.15) is 22.8 Å². The number of benzene rings is 1. The molecule has 0 heterocycles. The first kappa shape index (κ1) is 23.6. The van der Waals surface area contributed by atoms with Crippen molar-refractivity contribution in [1.82, 2.24) is 0 Å². The molecule has 180 valence electrons. The molecule has 1 aromatic carbocycles. The molecule has 0 bridgehead atoms. The van der Waals surface area contributed by atoms with E-state index in [9.17, 15) is 39.9 Å². The first-order chi connectivity index (χ1) is 16.0. The number of nitrogens with two attached hydrogens (primary N) is 1. The highest BCUT2D eigenvalue weighted by molar-refractivity contribution is 6.22. The van der Waals surface area contributed by atoms with Gasteiger partial charge in [-0.25, -0.2) is 0 Å². The number of aliphatic hydroxyl groups is 4. The highest BCUT2D eigenvalue weighted by Gasteiger charge is 2.60. The number of primary amides is 1. The molecule has 34 heavy (non-hydrogen) atoms. The number of Topliss-reactive ketones (excluding diaryl/α,β-unsaturated/α-hetero) is 2. The average molecular weight is 469 g/mol. The quantitative estimate of drug-likeness (QED) is 0.281. The van der Waals surface area contributed by atoms with Crippen molar-refractivity contribution in [3.05, 3.63) is 51.5 Å². The van der Waals surface area contributed by atoms with Gasteiger partial charge in [-0.05, 0) is 48.4 Å². The fourth-order valence-electron chi connectivity index (χ4n) is 5.39. The van der Waals surface area contributed by atoms with Gasteiger partial charge in [0.05, 0.1) is 11.3 Å². The third kappa shape index (κ3) is 3.38. The summed E-state index contributed by atoms with van der Waals surface area (Å²) < 4.78 is 0. The SMILES string of the molecule is CCCC/C(O)=C/c1ccc(O)c2c1C[C@H]1C[C@H]3CC(=O)C(C(N)=O)=C(O)[C@@]3(O)C(=O)C1=C2O. The van der Waals surface area contributed by atoms with E-state index in [-0.39, 0.29) is 41.9 Å². The average Bonchev–Trinajstić information content (AvgIpc) is 2.76. The molecule has 1 fully saturated rings. The van der Waals surface area contributed by atoms with Gasteiger partial charge in [-0.3, -0.25) is 14.4 Å². The van der Waals surface area contributed by atoms with Crippen molar-refractivity contribution in [3.63, 3.8) is 0 Å². The van der Waals surface area contributed by atoms with Gasteiger partial charge in [0.2, 0.25) is 5.78 Å². The van der Waals surface area contributed by atoms with Gasteiger partial charge < -0.3 is 31.3 Å². The molecule has 1 saturated carbocycles. The van der Waals surface area contributed by atoms with Crippen molar-refractivity contribution in [1.29, 1.82) is 0 Å². The number of carbonyl (C=O) groups is 3. The van der Waals surface area contributed by atoms with Crippen LogP contribution in [-0.2, 0) is 20.8 Å². The Morgan fingerprint density at radius 2 is 1.91 bits per heavy atom. The molecule has 0 aliphatic heterocycles. The van der Waals surface area contributed by atoms with E-state index in [2.05, 4.69) is 0 Å². The predicted molar refractivity (Wildman–Crippen MR) is 122 cm³/mol. The van der Waals surface area contributed by atoms with E-state index < -0.39 is 52.0 Å². The number of carbonyl (C=O) groups excluding carboxylic acids is 3. The predicted octanol–water partition coefficient (Wildman–Crippen LogP) is 2.51. The maximum Gasteiger partial charge on any atom is 0.255 e. The number of hydrogen-bond donors (Lipinski definition) is 6. The number of aromatic hydroxyl groups is 1. The maximum atomic E-state index is 13.5. The normalized spacial score (nSPS) is 26.8. The lowest BCUT2D eigenvalue weighted by molar-refractivity contribution is -0.147. The molecule has 0 spiro atoms. The Hall–Kier alpha value is -3.59. The second-order valence-electron chi connectivity index (χ2n) is 9.17. The van der Waals surface area contributed by atoms with Crippen LogP contribution in [0.4, 0.5) is 0 Å². The summed E-state index contributed by atoms with van der Waals surface area (Å²) in [7, 11) is 0. The fraction of sp³-hybridized carbons (Fsp3) is 0.400. The smallest absolute Gasteiger partial charge is 0.255 e. The Kier molecular flexibility index (Phi) is 5.77. The number of phenols is 1. The monoisotopic (exact) mass is 469 g/mol. The number of unbranched alkanes of at least 4 members (excludes halogenated alkanes) is 1. The minimum Gasteiger partial charge on any atom is -0.512 e. The molecule has 1 aromatic rings. The van der Waals surface area contributed by atoms with E-state index in [1.54, 1.807) is 12.1 Å². The van der Waals surface area contributed by atoms with Crippen molar-refractivity contribution in [2.75, 3.05) is 0 Å². The number of hydrogen-bond acceptors (Lipinski definition) is 8. The lowest BCUT2D eigenvalue weighted by Crippen LogP contribution is -2.58. The zero-order valence-electron chi connectivity index (χ0n) is 18.7. The summed E-state index contributed by atoms with van der Waals surface area (Å²) in [5.41, 5.74) is 2.68. The van der Waals surface area contributed by atoms with Gasteiger partial charge in [-0.2, -0.15) is 0 Å². The van der Waals surface area contributed by atoms with Gasteiger partial charge in [-0.15, -0.1) is 0 Å². The number of rotatable bonds is 5. The van der Waals surface area contributed by atoms with E-state index in [4.69, 9.17) is 5.73 Å². The number of aliphatic hydroxyl groups excluding tert-OH is 3. The second kappa shape index (κ2) is 8.32. The molecular formula is C25H27NO8. The van der Waals surface area contributed by atoms with Crippen LogP contribution in [0.2, 0.25) is 0 Å². The Labute approximate surface area is 195 Å². The van der Waals surface area contributed by atoms with E-state index in [0.29, 0.717) is 17.5 Å². The zero-order chi connectivity index (χ0) is 24.9. The van der Waals surface area contributed by atoms with Crippen LogP contribution in [0, 0.1) is 11.8 Å². The van der Waals surface area contributed by atoms with Crippen LogP contribution in [-0.4, -0.2) is 48.6 Å². The minimum atomic E-state index is -2.58. The highest BCUT2D eigenvalue weighted by atomic mass is 16.3. The second-order valence-corrected chi connectivity index (χ2v) is 9.17. The van der Waals surface area contributed by atoms with Crippen LogP contribution in [0.15, 0.2) is 34.8 Å². The molecule has 0 unspecified atom stereocenters. The van der Waals surface area contributed by atoms with Crippen molar-refractivity contribution in [2.24, 2.45) is 17.6 Å². The Balaban J connectivity index is 1.86. The highest BCUT2D eigenvalue weighted by Crippen LogP contribution is 2.52. The lowest BCUT2D eigenvalue weighted by Gasteiger charge is -2.46. The summed E-state index contributed by atoms with van der Waals surface area (Å²) >= 11 is 0. The van der Waals surface area contributed by atoms with Crippen LogP contribution in [0.5, 0.6) is 5.75 Å². The number of allylic oxidation sites excluding steroid dienone is 1. The Morgan fingerprint density at radius 3 is 2.56 bits per heavy atom. The molecule has 4 rings (SSSR count). The molecule has 0 radical (unpaired) electrons. The molecule has 3 aliphatic carbocycles. The maximum absolute atomic E-state index is 13.5. The van der Waals surface area contributed by atoms with Crippen LogP contribution in [0.1, 0.15) is 55.7 Å². The molecule has 9 heteroatoms. The Morgan fingerprint density at radius 1 is 1.21 bits per heavy atom. The first-order valence-electron chi connectivity index (χ1n) is 11.2. The fourth-order valence-corrected chi connectivity index (χ4v) is 5.39. The van der Waals surface area contributed by atoms with E-state index in [1.807, 2.05) is 6.92 Å². The zero-order valence-corrected chi connectivity index (χ0v) is 18.7. The third-order valence-electron chi connectivity index (χ3n) is 7.09. The molecule has 1 amide bonds. The van der Waals surface area contributed by atoms with E-state index in [0.717, 1.165) is 12.8 Å². The largest absolute Gasteiger partial charge is 0.512 e. The number of ketones is 2. The lowest BCUT2D eigenvalue weighted by atomic mass is 9.59. The molecule has 3 aliphatic rings. The summed E-state index contributed by atoms with van der Waals surface area (Å²) in [5.74, 6) is -6.48. The first-order valence-corrected chi connectivity index (χ1v) is 11.2. The van der Waals surface area contributed by atoms with Crippen LogP contribution < -0.4 is 5.73 Å². The minimum absolute atomic E-state index is 0.00386. The van der Waals surface area contributed by atoms with Gasteiger partial charge in [0.25, 0.3) is 5.91 Å². The van der Waals surface area contributed by atoms with Gasteiger partial charge in [-0.1, -0.05) is 19.4 Å².